The number of nitrogens with one attached hydrogen (secondary N) is 1. The van der Waals surface area contributed by atoms with Gasteiger partial charge in [-0.25, -0.2) is 0 Å². The average molecular weight is 264 g/mol. The zero-order valence-electron chi connectivity index (χ0n) is 11.1. The molecule has 1 aliphatic heterocycles. The van der Waals surface area contributed by atoms with E-state index in [9.17, 15) is 0 Å². The van der Waals surface area contributed by atoms with Gasteiger partial charge in [-0.3, -0.25) is 4.99 Å². The van der Waals surface area contributed by atoms with Crippen molar-refractivity contribution in [2.45, 2.75) is 51.0 Å². The highest BCUT2D eigenvalue weighted by Gasteiger charge is 2.41. The van der Waals surface area contributed by atoms with Crippen LogP contribution in [0.15, 0.2) is 4.99 Å². The van der Waals surface area contributed by atoms with E-state index in [1.807, 2.05) is 11.8 Å². The molecule has 2 nitrogen and oxygen atoms in total. The number of hydrogen-bond donors (Lipinski definition) is 1. The third-order valence-electron chi connectivity index (χ3n) is 5.30. The molecule has 0 aromatic heterocycles. The van der Waals surface area contributed by atoms with E-state index in [1.165, 1.54) is 55.9 Å². The Bertz CT molecular complexity index is 334. The SMILES string of the molecule is C1CC2CSC(=NCC(C3CC3)C3CC3)NC2C1. The fourth-order valence-corrected chi connectivity index (χ4v) is 5.00. The third-order valence-corrected chi connectivity index (χ3v) is 6.42. The van der Waals surface area contributed by atoms with Gasteiger partial charge in [0, 0.05) is 18.3 Å². The lowest BCUT2D eigenvalue weighted by atomic mass is 9.98. The summed E-state index contributed by atoms with van der Waals surface area (Å²) in [4.78, 5) is 4.93. The van der Waals surface area contributed by atoms with Gasteiger partial charge in [-0.15, -0.1) is 0 Å². The number of nitrogens with zero attached hydrogens (tertiary/aromatic N) is 1. The van der Waals surface area contributed by atoms with Crippen molar-refractivity contribution in [3.63, 3.8) is 0 Å². The Kier molecular flexibility index (Phi) is 3.06. The van der Waals surface area contributed by atoms with Gasteiger partial charge in [0.25, 0.3) is 0 Å². The molecular formula is C15H24N2S. The fourth-order valence-electron chi connectivity index (χ4n) is 3.82. The van der Waals surface area contributed by atoms with Crippen LogP contribution in [-0.4, -0.2) is 23.5 Å². The molecule has 1 heterocycles. The number of amidine groups is 1. The van der Waals surface area contributed by atoms with Crippen LogP contribution < -0.4 is 5.32 Å². The number of rotatable bonds is 4. The Hall–Kier alpha value is -0.180. The highest BCUT2D eigenvalue weighted by molar-refractivity contribution is 8.13. The Morgan fingerprint density at radius 2 is 1.89 bits per heavy atom. The Labute approximate surface area is 114 Å². The predicted octanol–water partition coefficient (Wildman–Crippen LogP) is 3.28. The van der Waals surface area contributed by atoms with Gasteiger partial charge in [0.15, 0.2) is 5.17 Å². The molecule has 1 saturated heterocycles. The van der Waals surface area contributed by atoms with Gasteiger partial charge in [-0.1, -0.05) is 18.2 Å². The van der Waals surface area contributed by atoms with Crippen LogP contribution in [0.5, 0.6) is 0 Å². The first-order valence-electron chi connectivity index (χ1n) is 7.84. The molecule has 4 rings (SSSR count). The van der Waals surface area contributed by atoms with E-state index >= 15 is 0 Å². The van der Waals surface area contributed by atoms with Crippen LogP contribution in [0.4, 0.5) is 0 Å². The molecule has 0 aromatic rings. The van der Waals surface area contributed by atoms with Crippen molar-refractivity contribution < 1.29 is 0 Å². The Morgan fingerprint density at radius 3 is 2.61 bits per heavy atom. The van der Waals surface area contributed by atoms with E-state index in [0.717, 1.165) is 36.3 Å². The quantitative estimate of drug-likeness (QED) is 0.842. The van der Waals surface area contributed by atoms with Crippen LogP contribution in [0.2, 0.25) is 0 Å². The van der Waals surface area contributed by atoms with E-state index < -0.39 is 0 Å². The van der Waals surface area contributed by atoms with Crippen LogP contribution in [0.25, 0.3) is 0 Å². The lowest BCUT2D eigenvalue weighted by Gasteiger charge is -2.28. The summed E-state index contributed by atoms with van der Waals surface area (Å²) in [7, 11) is 0. The van der Waals surface area contributed by atoms with E-state index in [2.05, 4.69) is 5.32 Å². The fraction of sp³-hybridized carbons (Fsp3) is 0.933. The number of fused-ring (bicyclic) bond motifs is 1. The zero-order valence-corrected chi connectivity index (χ0v) is 11.9. The van der Waals surface area contributed by atoms with E-state index in [-0.39, 0.29) is 0 Å². The molecule has 18 heavy (non-hydrogen) atoms. The molecule has 0 spiro atoms. The average Bonchev–Trinajstić information content (AvgIpc) is 3.29. The molecule has 4 fully saturated rings. The van der Waals surface area contributed by atoms with Crippen LogP contribution in [0, 0.1) is 23.7 Å². The summed E-state index contributed by atoms with van der Waals surface area (Å²) in [6, 6.07) is 0.755. The zero-order chi connectivity index (χ0) is 11.9. The van der Waals surface area contributed by atoms with Crippen molar-refractivity contribution in [3.05, 3.63) is 0 Å². The molecule has 100 valence electrons. The second-order valence-corrected chi connectivity index (χ2v) is 7.75. The Morgan fingerprint density at radius 1 is 1.11 bits per heavy atom. The smallest absolute Gasteiger partial charge is 0.156 e. The van der Waals surface area contributed by atoms with Crippen LogP contribution in [0.1, 0.15) is 44.9 Å². The summed E-state index contributed by atoms with van der Waals surface area (Å²) in [5.74, 6) is 5.25. The Balaban J connectivity index is 1.35. The molecule has 2 atom stereocenters. The highest BCUT2D eigenvalue weighted by Crippen LogP contribution is 2.49. The van der Waals surface area contributed by atoms with Crippen molar-refractivity contribution in [3.8, 4) is 0 Å². The number of hydrogen-bond acceptors (Lipinski definition) is 2. The van der Waals surface area contributed by atoms with Gasteiger partial charge in [-0.2, -0.15) is 0 Å². The summed E-state index contributed by atoms with van der Waals surface area (Å²) in [6.07, 6.45) is 10.2. The second-order valence-electron chi connectivity index (χ2n) is 6.74. The molecular weight excluding hydrogens is 240 g/mol. The van der Waals surface area contributed by atoms with Crippen molar-refractivity contribution in [1.82, 2.24) is 5.32 Å². The summed E-state index contributed by atoms with van der Waals surface area (Å²) >= 11 is 1.98. The summed E-state index contributed by atoms with van der Waals surface area (Å²) in [5.41, 5.74) is 0. The minimum atomic E-state index is 0.755. The van der Waals surface area contributed by atoms with E-state index in [4.69, 9.17) is 4.99 Å². The van der Waals surface area contributed by atoms with Gasteiger partial charge in [0.1, 0.15) is 0 Å². The maximum atomic E-state index is 4.93. The van der Waals surface area contributed by atoms with Crippen LogP contribution >= 0.6 is 11.8 Å². The second kappa shape index (κ2) is 4.73. The first-order valence-corrected chi connectivity index (χ1v) is 8.82. The third kappa shape index (κ3) is 2.43. The van der Waals surface area contributed by atoms with Crippen LogP contribution in [0.3, 0.4) is 0 Å². The molecule has 0 bridgehead atoms. The van der Waals surface area contributed by atoms with Crippen molar-refractivity contribution in [2.75, 3.05) is 12.3 Å². The van der Waals surface area contributed by atoms with Gasteiger partial charge < -0.3 is 5.32 Å². The highest BCUT2D eigenvalue weighted by atomic mass is 32.2. The number of aliphatic imine (C=N–C) groups is 1. The molecule has 3 saturated carbocycles. The maximum Gasteiger partial charge on any atom is 0.156 e. The molecule has 3 aliphatic carbocycles. The van der Waals surface area contributed by atoms with Gasteiger partial charge in [0.2, 0.25) is 0 Å². The largest absolute Gasteiger partial charge is 0.362 e. The maximum absolute atomic E-state index is 4.93. The van der Waals surface area contributed by atoms with Crippen LogP contribution in [-0.2, 0) is 0 Å². The monoisotopic (exact) mass is 264 g/mol. The minimum absolute atomic E-state index is 0.755. The van der Waals surface area contributed by atoms with E-state index in [1.54, 1.807) is 0 Å². The summed E-state index contributed by atoms with van der Waals surface area (Å²) in [6.45, 7) is 1.11. The van der Waals surface area contributed by atoms with Gasteiger partial charge in [0.05, 0.1) is 0 Å². The van der Waals surface area contributed by atoms with Gasteiger partial charge >= 0.3 is 0 Å². The molecule has 2 unspecified atom stereocenters. The topological polar surface area (TPSA) is 24.4 Å². The lowest BCUT2D eigenvalue weighted by molar-refractivity contribution is 0.416. The van der Waals surface area contributed by atoms with Crippen molar-refractivity contribution in [2.24, 2.45) is 28.7 Å². The molecule has 0 amide bonds. The summed E-state index contributed by atoms with van der Waals surface area (Å²) < 4.78 is 0. The first kappa shape index (κ1) is 11.6. The molecule has 3 heteroatoms. The van der Waals surface area contributed by atoms with Gasteiger partial charge in [-0.05, 0) is 62.2 Å². The molecule has 0 aromatic carbocycles. The molecule has 1 N–H and O–H groups in total. The standard InChI is InChI=1S/C15H24N2S/c1-2-12-9-18-15(17-14(12)3-1)16-8-13(10-4-5-10)11-6-7-11/h10-14H,1-9H2,(H,16,17). The summed E-state index contributed by atoms with van der Waals surface area (Å²) in [5, 5.41) is 4.97. The first-order chi connectivity index (χ1) is 8.90. The normalized spacial score (nSPS) is 37.9. The van der Waals surface area contributed by atoms with Crippen molar-refractivity contribution >= 4 is 16.9 Å². The van der Waals surface area contributed by atoms with Crippen molar-refractivity contribution in [1.29, 1.82) is 0 Å². The number of thioether (sulfide) groups is 1. The molecule has 4 aliphatic rings. The molecule has 0 radical (unpaired) electrons. The van der Waals surface area contributed by atoms with E-state index in [0.29, 0.717) is 0 Å². The minimum Gasteiger partial charge on any atom is -0.362 e. The predicted molar refractivity (Wildman–Crippen MR) is 78.0 cm³/mol. The lowest BCUT2D eigenvalue weighted by Crippen LogP contribution is -2.41.